The second kappa shape index (κ2) is 6.90. The van der Waals surface area contributed by atoms with Crippen molar-refractivity contribution in [1.29, 1.82) is 0 Å². The first-order chi connectivity index (χ1) is 8.49. The van der Waals surface area contributed by atoms with Gasteiger partial charge in [-0.3, -0.25) is 0 Å². The van der Waals surface area contributed by atoms with E-state index in [1.165, 1.54) is 6.07 Å². The largest absolute Gasteiger partial charge is 0.489 e. The Kier molecular flexibility index (Phi) is 5.51. The second-order valence-corrected chi connectivity index (χ2v) is 4.26. The normalized spacial score (nSPS) is 13.0. The molecular formula is C12H19FN4O. The highest BCUT2D eigenvalue weighted by Gasteiger charge is 2.05. The lowest BCUT2D eigenvalue weighted by atomic mass is 10.2. The molecule has 1 atom stereocenters. The second-order valence-electron chi connectivity index (χ2n) is 4.26. The van der Waals surface area contributed by atoms with Gasteiger partial charge in [-0.25, -0.2) is 14.9 Å². The SMILES string of the molecule is Cc1ccc(OC(C)CN=NNN(C)C)cc1F. The molecule has 0 aromatic heterocycles. The van der Waals surface area contributed by atoms with Crippen molar-refractivity contribution < 1.29 is 9.13 Å². The van der Waals surface area contributed by atoms with Crippen LogP contribution in [-0.4, -0.2) is 31.8 Å². The highest BCUT2D eigenvalue weighted by Crippen LogP contribution is 2.17. The quantitative estimate of drug-likeness (QED) is 0.626. The molecule has 1 rings (SSSR count). The zero-order chi connectivity index (χ0) is 13.5. The molecule has 0 aliphatic carbocycles. The molecule has 18 heavy (non-hydrogen) atoms. The molecule has 0 fully saturated rings. The predicted octanol–water partition coefficient (Wildman–Crippen LogP) is 2.33. The lowest BCUT2D eigenvalue weighted by molar-refractivity contribution is 0.221. The molecule has 1 unspecified atom stereocenters. The highest BCUT2D eigenvalue weighted by molar-refractivity contribution is 5.28. The molecule has 0 spiro atoms. The van der Waals surface area contributed by atoms with E-state index in [2.05, 4.69) is 15.9 Å². The van der Waals surface area contributed by atoms with Gasteiger partial charge in [-0.15, -0.1) is 0 Å². The lowest BCUT2D eigenvalue weighted by Crippen LogP contribution is -2.25. The Morgan fingerprint density at radius 2 is 2.17 bits per heavy atom. The Hall–Kier alpha value is -1.69. The highest BCUT2D eigenvalue weighted by atomic mass is 19.1. The molecule has 0 amide bonds. The standard InChI is InChI=1S/C12H19FN4O/c1-9-5-6-11(7-12(9)13)18-10(2)8-14-15-16-17(3)4/h5-7,10H,8H2,1-4H3,(H,14,16). The summed E-state index contributed by atoms with van der Waals surface area (Å²) in [5.41, 5.74) is 3.26. The number of hydrogen-bond donors (Lipinski definition) is 1. The Bertz CT molecular complexity index is 409. The van der Waals surface area contributed by atoms with Crippen LogP contribution in [0.2, 0.25) is 0 Å². The van der Waals surface area contributed by atoms with Crippen molar-refractivity contribution in [2.75, 3.05) is 20.6 Å². The Balaban J connectivity index is 2.42. The van der Waals surface area contributed by atoms with Gasteiger partial charge >= 0.3 is 0 Å². The van der Waals surface area contributed by atoms with E-state index in [1.54, 1.807) is 24.1 Å². The van der Waals surface area contributed by atoms with Crippen molar-refractivity contribution in [1.82, 2.24) is 10.5 Å². The molecule has 0 bridgehead atoms. The molecule has 0 saturated heterocycles. The summed E-state index contributed by atoms with van der Waals surface area (Å²) in [6.45, 7) is 3.96. The van der Waals surface area contributed by atoms with Crippen molar-refractivity contribution in [3.8, 4) is 5.75 Å². The van der Waals surface area contributed by atoms with Crippen LogP contribution in [-0.2, 0) is 0 Å². The molecule has 6 heteroatoms. The van der Waals surface area contributed by atoms with E-state index < -0.39 is 0 Å². The van der Waals surface area contributed by atoms with E-state index in [0.29, 0.717) is 17.9 Å². The van der Waals surface area contributed by atoms with Gasteiger partial charge in [0.25, 0.3) is 0 Å². The monoisotopic (exact) mass is 254 g/mol. The maximum atomic E-state index is 13.3. The molecule has 1 aromatic rings. The Morgan fingerprint density at radius 1 is 1.44 bits per heavy atom. The average Bonchev–Trinajstić information content (AvgIpc) is 2.29. The van der Waals surface area contributed by atoms with Gasteiger partial charge in [0.1, 0.15) is 17.7 Å². The number of aryl methyl sites for hydroxylation is 1. The summed E-state index contributed by atoms with van der Waals surface area (Å²) in [5.74, 6) is 0.233. The van der Waals surface area contributed by atoms with E-state index in [4.69, 9.17) is 4.74 Å². The third kappa shape index (κ3) is 5.09. The van der Waals surface area contributed by atoms with Gasteiger partial charge in [-0.1, -0.05) is 11.3 Å². The van der Waals surface area contributed by atoms with Crippen LogP contribution in [0.3, 0.4) is 0 Å². The maximum absolute atomic E-state index is 13.3. The molecule has 5 nitrogen and oxygen atoms in total. The van der Waals surface area contributed by atoms with E-state index >= 15 is 0 Å². The van der Waals surface area contributed by atoms with Gasteiger partial charge in [-0.2, -0.15) is 5.11 Å². The van der Waals surface area contributed by atoms with Gasteiger partial charge in [0, 0.05) is 20.2 Å². The molecular weight excluding hydrogens is 235 g/mol. The number of nitrogens with one attached hydrogen (secondary N) is 1. The third-order valence-electron chi connectivity index (χ3n) is 2.13. The van der Waals surface area contributed by atoms with Crippen molar-refractivity contribution in [3.63, 3.8) is 0 Å². The summed E-state index contributed by atoms with van der Waals surface area (Å²) in [6, 6.07) is 4.80. The van der Waals surface area contributed by atoms with E-state index in [1.807, 2.05) is 21.0 Å². The van der Waals surface area contributed by atoms with Gasteiger partial charge in [0.05, 0.1) is 6.54 Å². The molecule has 0 heterocycles. The third-order valence-corrected chi connectivity index (χ3v) is 2.13. The summed E-state index contributed by atoms with van der Waals surface area (Å²) in [4.78, 5) is 0. The van der Waals surface area contributed by atoms with Crippen molar-refractivity contribution in [2.45, 2.75) is 20.0 Å². The van der Waals surface area contributed by atoms with Crippen molar-refractivity contribution >= 4 is 0 Å². The van der Waals surface area contributed by atoms with Crippen LogP contribution >= 0.6 is 0 Å². The number of hydrazine groups is 1. The Labute approximate surface area is 107 Å². The predicted molar refractivity (Wildman–Crippen MR) is 67.8 cm³/mol. The Morgan fingerprint density at radius 3 is 2.78 bits per heavy atom. The van der Waals surface area contributed by atoms with Gasteiger partial charge < -0.3 is 4.74 Å². The maximum Gasteiger partial charge on any atom is 0.129 e. The number of benzene rings is 1. The van der Waals surface area contributed by atoms with Gasteiger partial charge in [-0.05, 0) is 25.5 Å². The molecule has 1 aromatic carbocycles. The lowest BCUT2D eigenvalue weighted by Gasteiger charge is -2.12. The molecule has 0 aliphatic rings. The minimum Gasteiger partial charge on any atom is -0.489 e. The zero-order valence-electron chi connectivity index (χ0n) is 11.1. The van der Waals surface area contributed by atoms with Crippen LogP contribution in [0.15, 0.2) is 28.5 Å². The average molecular weight is 254 g/mol. The number of hydrogen-bond acceptors (Lipinski definition) is 4. The summed E-state index contributed by atoms with van der Waals surface area (Å²) in [5, 5.41) is 9.30. The van der Waals surface area contributed by atoms with E-state index in [0.717, 1.165) is 0 Å². The van der Waals surface area contributed by atoms with Crippen LogP contribution in [0, 0.1) is 12.7 Å². The molecule has 0 aliphatic heterocycles. The minimum atomic E-state index is -0.268. The van der Waals surface area contributed by atoms with Crippen LogP contribution in [0.1, 0.15) is 12.5 Å². The number of nitrogens with zero attached hydrogens (tertiary/aromatic N) is 3. The van der Waals surface area contributed by atoms with Crippen molar-refractivity contribution in [3.05, 3.63) is 29.6 Å². The zero-order valence-corrected chi connectivity index (χ0v) is 11.1. The fourth-order valence-electron chi connectivity index (χ4n) is 1.19. The molecule has 0 radical (unpaired) electrons. The summed E-state index contributed by atoms with van der Waals surface area (Å²) in [7, 11) is 3.63. The fourth-order valence-corrected chi connectivity index (χ4v) is 1.19. The number of halogens is 1. The van der Waals surface area contributed by atoms with Gasteiger partial charge in [0.15, 0.2) is 0 Å². The first-order valence-electron chi connectivity index (χ1n) is 5.71. The summed E-state index contributed by atoms with van der Waals surface area (Å²) >= 11 is 0. The van der Waals surface area contributed by atoms with Crippen LogP contribution in [0.5, 0.6) is 5.75 Å². The fraction of sp³-hybridized carbons (Fsp3) is 0.500. The first-order valence-corrected chi connectivity index (χ1v) is 5.71. The summed E-state index contributed by atoms with van der Waals surface area (Å²) < 4.78 is 18.8. The van der Waals surface area contributed by atoms with Crippen LogP contribution in [0.25, 0.3) is 0 Å². The smallest absolute Gasteiger partial charge is 0.129 e. The first kappa shape index (κ1) is 14.4. The molecule has 0 saturated carbocycles. The number of rotatable bonds is 6. The van der Waals surface area contributed by atoms with Crippen LogP contribution in [0.4, 0.5) is 4.39 Å². The van der Waals surface area contributed by atoms with Crippen LogP contribution < -0.4 is 10.3 Å². The van der Waals surface area contributed by atoms with E-state index in [9.17, 15) is 4.39 Å². The summed E-state index contributed by atoms with van der Waals surface area (Å²) in [6.07, 6.45) is -0.167. The number of ether oxygens (including phenoxy) is 1. The molecule has 1 N–H and O–H groups in total. The van der Waals surface area contributed by atoms with Crippen molar-refractivity contribution in [2.24, 2.45) is 10.3 Å². The van der Waals surface area contributed by atoms with E-state index in [-0.39, 0.29) is 11.9 Å². The topological polar surface area (TPSA) is 49.2 Å². The molecule has 100 valence electrons. The minimum absolute atomic E-state index is 0.167. The van der Waals surface area contributed by atoms with Gasteiger partial charge in [0.2, 0.25) is 0 Å².